The van der Waals surface area contributed by atoms with Gasteiger partial charge in [0.05, 0.1) is 6.54 Å². The highest BCUT2D eigenvalue weighted by atomic mass is 16.2. The number of nitrogens with two attached hydrogens (primary N) is 1. The van der Waals surface area contributed by atoms with Gasteiger partial charge in [0, 0.05) is 25.8 Å². The van der Waals surface area contributed by atoms with Gasteiger partial charge in [0.2, 0.25) is 5.91 Å². The lowest BCUT2D eigenvalue weighted by molar-refractivity contribution is -0.131. The van der Waals surface area contributed by atoms with Crippen LogP contribution in [0.3, 0.4) is 0 Å². The Bertz CT molecular complexity index is 431. The van der Waals surface area contributed by atoms with E-state index < -0.39 is 0 Å². The number of hydrazine groups is 1. The minimum Gasteiger partial charge on any atom is -0.342 e. The molecule has 1 saturated heterocycles. The van der Waals surface area contributed by atoms with E-state index in [4.69, 9.17) is 5.84 Å². The summed E-state index contributed by atoms with van der Waals surface area (Å²) in [5.41, 5.74) is 3.60. The summed E-state index contributed by atoms with van der Waals surface area (Å²) in [7, 11) is 1.95. The first-order valence-corrected chi connectivity index (χ1v) is 6.57. The second-order valence-corrected chi connectivity index (χ2v) is 4.95. The van der Waals surface area contributed by atoms with Gasteiger partial charge < -0.3 is 10.3 Å². The van der Waals surface area contributed by atoms with Crippen molar-refractivity contribution in [1.82, 2.24) is 14.8 Å². The molecule has 3 N–H and O–H groups in total. The van der Waals surface area contributed by atoms with Gasteiger partial charge in [-0.25, -0.2) is 10.8 Å². The molecule has 1 aromatic heterocycles. The van der Waals surface area contributed by atoms with Crippen LogP contribution in [0.1, 0.15) is 18.4 Å². The molecule has 6 heteroatoms. The number of nitrogen functional groups attached to an aromatic ring is 1. The Kier molecular flexibility index (Phi) is 4.70. The number of nitrogens with one attached hydrogen (secondary N) is 1. The first-order valence-electron chi connectivity index (χ1n) is 6.57. The van der Waals surface area contributed by atoms with Crippen molar-refractivity contribution in [3.8, 4) is 0 Å². The molecule has 1 aromatic rings. The van der Waals surface area contributed by atoms with E-state index in [2.05, 4.69) is 10.4 Å². The summed E-state index contributed by atoms with van der Waals surface area (Å²) in [6, 6.07) is 3.81. The van der Waals surface area contributed by atoms with Gasteiger partial charge in [-0.3, -0.25) is 9.69 Å². The third kappa shape index (κ3) is 3.90. The molecule has 19 heavy (non-hydrogen) atoms. The number of likely N-dealkylation sites (tertiary alicyclic amines) is 1. The SMILES string of the molecule is CN(CC(=O)N1CCCC1)Cc1ccnc(NN)c1. The highest BCUT2D eigenvalue weighted by molar-refractivity contribution is 5.78. The molecule has 0 bridgehead atoms. The summed E-state index contributed by atoms with van der Waals surface area (Å²) in [6.45, 7) is 2.97. The fraction of sp³-hybridized carbons (Fsp3) is 0.538. The van der Waals surface area contributed by atoms with E-state index >= 15 is 0 Å². The van der Waals surface area contributed by atoms with Crippen molar-refractivity contribution in [2.45, 2.75) is 19.4 Å². The van der Waals surface area contributed by atoms with Crippen molar-refractivity contribution in [3.63, 3.8) is 0 Å². The molecule has 104 valence electrons. The number of pyridine rings is 1. The molecule has 0 aromatic carbocycles. The number of hydrogen-bond donors (Lipinski definition) is 2. The monoisotopic (exact) mass is 263 g/mol. The molecule has 1 amide bonds. The first-order chi connectivity index (χ1) is 9.19. The molecule has 1 aliphatic rings. The molecule has 2 heterocycles. The third-order valence-corrected chi connectivity index (χ3v) is 3.29. The van der Waals surface area contributed by atoms with E-state index in [0.717, 1.165) is 31.5 Å². The molecule has 1 fully saturated rings. The summed E-state index contributed by atoms with van der Waals surface area (Å²) in [4.78, 5) is 20.0. The number of carbonyl (C=O) groups excluding carboxylic acids is 1. The van der Waals surface area contributed by atoms with Crippen molar-refractivity contribution >= 4 is 11.7 Å². The van der Waals surface area contributed by atoms with E-state index in [9.17, 15) is 4.79 Å². The van der Waals surface area contributed by atoms with E-state index in [1.807, 2.05) is 29.0 Å². The highest BCUT2D eigenvalue weighted by Crippen LogP contribution is 2.10. The zero-order valence-electron chi connectivity index (χ0n) is 11.3. The molecule has 0 saturated carbocycles. The minimum absolute atomic E-state index is 0.214. The third-order valence-electron chi connectivity index (χ3n) is 3.29. The largest absolute Gasteiger partial charge is 0.342 e. The van der Waals surface area contributed by atoms with Gasteiger partial charge in [-0.1, -0.05) is 0 Å². The number of amides is 1. The predicted octanol–water partition coefficient (Wildman–Crippen LogP) is 0.421. The van der Waals surface area contributed by atoms with Gasteiger partial charge in [0.15, 0.2) is 0 Å². The van der Waals surface area contributed by atoms with Crippen molar-refractivity contribution in [3.05, 3.63) is 23.9 Å². The number of rotatable bonds is 5. The minimum atomic E-state index is 0.214. The van der Waals surface area contributed by atoms with Crippen molar-refractivity contribution in [2.24, 2.45) is 5.84 Å². The number of carbonyl (C=O) groups is 1. The van der Waals surface area contributed by atoms with Gasteiger partial charge >= 0.3 is 0 Å². The van der Waals surface area contributed by atoms with Crippen LogP contribution in [0.25, 0.3) is 0 Å². The van der Waals surface area contributed by atoms with Crippen LogP contribution < -0.4 is 11.3 Å². The number of nitrogens with zero attached hydrogens (tertiary/aromatic N) is 3. The van der Waals surface area contributed by atoms with E-state index in [-0.39, 0.29) is 5.91 Å². The predicted molar refractivity (Wildman–Crippen MR) is 74.2 cm³/mol. The van der Waals surface area contributed by atoms with E-state index in [1.165, 1.54) is 0 Å². The first kappa shape index (κ1) is 13.8. The van der Waals surface area contributed by atoms with Crippen LogP contribution in [-0.4, -0.2) is 47.4 Å². The fourth-order valence-electron chi connectivity index (χ4n) is 2.32. The van der Waals surface area contributed by atoms with Crippen LogP contribution in [0, 0.1) is 0 Å². The van der Waals surface area contributed by atoms with Crippen LogP contribution in [-0.2, 0) is 11.3 Å². The Hall–Kier alpha value is -1.66. The summed E-state index contributed by atoms with van der Waals surface area (Å²) in [6.07, 6.45) is 3.97. The van der Waals surface area contributed by atoms with Crippen LogP contribution in [0.5, 0.6) is 0 Å². The topological polar surface area (TPSA) is 74.5 Å². The smallest absolute Gasteiger partial charge is 0.236 e. The summed E-state index contributed by atoms with van der Waals surface area (Å²) >= 11 is 0. The van der Waals surface area contributed by atoms with Crippen LogP contribution in [0.15, 0.2) is 18.3 Å². The quantitative estimate of drug-likeness (QED) is 0.595. The van der Waals surface area contributed by atoms with Crippen molar-refractivity contribution in [1.29, 1.82) is 0 Å². The zero-order chi connectivity index (χ0) is 13.7. The summed E-state index contributed by atoms with van der Waals surface area (Å²) in [5.74, 6) is 6.18. The normalized spacial score (nSPS) is 15.0. The number of likely N-dealkylation sites (N-methyl/N-ethyl adjacent to an activating group) is 1. The second-order valence-electron chi connectivity index (χ2n) is 4.95. The number of anilines is 1. The van der Waals surface area contributed by atoms with Gasteiger partial charge in [-0.15, -0.1) is 0 Å². The van der Waals surface area contributed by atoms with E-state index in [0.29, 0.717) is 18.9 Å². The Morgan fingerprint density at radius 3 is 2.95 bits per heavy atom. The molecule has 1 aliphatic heterocycles. The maximum atomic E-state index is 12.0. The Balaban J connectivity index is 1.85. The molecule has 0 spiro atoms. The average Bonchev–Trinajstić information content (AvgIpc) is 2.92. The fourth-order valence-corrected chi connectivity index (χ4v) is 2.32. The van der Waals surface area contributed by atoms with Gasteiger partial charge in [0.1, 0.15) is 5.82 Å². The molecular weight excluding hydrogens is 242 g/mol. The van der Waals surface area contributed by atoms with Gasteiger partial charge in [0.25, 0.3) is 0 Å². The lowest BCUT2D eigenvalue weighted by Crippen LogP contribution is -2.36. The van der Waals surface area contributed by atoms with Crippen LogP contribution in [0.2, 0.25) is 0 Å². The lowest BCUT2D eigenvalue weighted by atomic mass is 10.2. The maximum Gasteiger partial charge on any atom is 0.236 e. The molecule has 2 rings (SSSR count). The standard InChI is InChI=1S/C13H21N5O/c1-17(10-13(19)18-6-2-3-7-18)9-11-4-5-15-12(8-11)16-14/h4-5,8H,2-3,6-7,9-10,14H2,1H3,(H,15,16). The average molecular weight is 263 g/mol. The van der Waals surface area contributed by atoms with Crippen LogP contribution >= 0.6 is 0 Å². The van der Waals surface area contributed by atoms with E-state index in [1.54, 1.807) is 6.20 Å². The summed E-state index contributed by atoms with van der Waals surface area (Å²) < 4.78 is 0. The van der Waals surface area contributed by atoms with Gasteiger partial charge in [-0.05, 0) is 37.6 Å². The molecule has 0 unspecified atom stereocenters. The molecular formula is C13H21N5O. The zero-order valence-corrected chi connectivity index (χ0v) is 11.3. The molecule has 0 aliphatic carbocycles. The Morgan fingerprint density at radius 2 is 2.26 bits per heavy atom. The highest BCUT2D eigenvalue weighted by Gasteiger charge is 2.18. The number of hydrogen-bond acceptors (Lipinski definition) is 5. The number of aromatic nitrogens is 1. The molecule has 6 nitrogen and oxygen atoms in total. The van der Waals surface area contributed by atoms with Gasteiger partial charge in [-0.2, -0.15) is 0 Å². The maximum absolute atomic E-state index is 12.0. The second kappa shape index (κ2) is 6.49. The Labute approximate surface area is 113 Å². The molecule has 0 atom stereocenters. The van der Waals surface area contributed by atoms with Crippen molar-refractivity contribution < 1.29 is 4.79 Å². The lowest BCUT2D eigenvalue weighted by Gasteiger charge is -2.21. The van der Waals surface area contributed by atoms with Crippen LogP contribution in [0.4, 0.5) is 5.82 Å². The Morgan fingerprint density at radius 1 is 1.53 bits per heavy atom. The van der Waals surface area contributed by atoms with Crippen molar-refractivity contribution in [2.75, 3.05) is 32.1 Å². The summed E-state index contributed by atoms with van der Waals surface area (Å²) in [5, 5.41) is 0. The molecule has 0 radical (unpaired) electrons.